The molecule has 0 aliphatic heterocycles. The van der Waals surface area contributed by atoms with Crippen LogP contribution in [-0.2, 0) is 6.42 Å². The lowest BCUT2D eigenvalue weighted by Gasteiger charge is -2.32. The third-order valence-corrected chi connectivity index (χ3v) is 7.12. The van der Waals surface area contributed by atoms with Crippen molar-refractivity contribution >= 4 is 28.4 Å². The minimum absolute atomic E-state index is 0.0689. The number of phenolic OH excluding ortho intramolecular Hbond substituents is 1. The summed E-state index contributed by atoms with van der Waals surface area (Å²) in [6.45, 7) is 12.9. The van der Waals surface area contributed by atoms with Gasteiger partial charge in [0.1, 0.15) is 11.5 Å². The summed E-state index contributed by atoms with van der Waals surface area (Å²) in [5.74, 6) is 2.37. The number of hydrogen-bond acceptors (Lipinski definition) is 4. The highest BCUT2D eigenvalue weighted by Gasteiger charge is 2.31. The smallest absolute Gasteiger partial charge is 0.225 e. The molecule has 1 aromatic carbocycles. The summed E-state index contributed by atoms with van der Waals surface area (Å²) < 4.78 is 6.75. The van der Waals surface area contributed by atoms with Gasteiger partial charge in [-0.25, -0.2) is 0 Å². The van der Waals surface area contributed by atoms with Gasteiger partial charge in [0.25, 0.3) is 0 Å². The van der Waals surface area contributed by atoms with Crippen LogP contribution >= 0.6 is 24.0 Å². The summed E-state index contributed by atoms with van der Waals surface area (Å²) in [7, 11) is 0. The second kappa shape index (κ2) is 12.6. The van der Waals surface area contributed by atoms with Crippen LogP contribution in [0.15, 0.2) is 35.9 Å². The van der Waals surface area contributed by atoms with Crippen molar-refractivity contribution in [1.82, 2.24) is 0 Å². The molecule has 30 heavy (non-hydrogen) atoms. The second-order valence-electron chi connectivity index (χ2n) is 8.57. The van der Waals surface area contributed by atoms with Crippen molar-refractivity contribution in [3.63, 3.8) is 0 Å². The first-order valence-corrected chi connectivity index (χ1v) is 12.8. The quantitative estimate of drug-likeness (QED) is 0.222. The number of aryl methyl sites for hydroxylation is 1. The number of hydrogen-bond donors (Lipinski definition) is 1. The molecule has 2 nitrogen and oxygen atoms in total. The summed E-state index contributed by atoms with van der Waals surface area (Å²) >= 11 is 7.12. The Balaban J connectivity index is 2.41. The number of benzene rings is 1. The van der Waals surface area contributed by atoms with Crippen LogP contribution < -0.4 is 4.74 Å². The van der Waals surface area contributed by atoms with Gasteiger partial charge in [-0.1, -0.05) is 68.7 Å². The van der Waals surface area contributed by atoms with Crippen LogP contribution in [0.5, 0.6) is 11.5 Å². The molecule has 1 aliphatic carbocycles. The second-order valence-corrected chi connectivity index (χ2v) is 10.3. The van der Waals surface area contributed by atoms with Crippen molar-refractivity contribution in [2.45, 2.75) is 85.0 Å². The number of aromatic hydroxyl groups is 1. The Hall–Kier alpha value is -1.26. The maximum absolute atomic E-state index is 11.1. The molecule has 0 radical (unpaired) electrons. The topological polar surface area (TPSA) is 29.5 Å². The third-order valence-electron chi connectivity index (χ3n) is 5.87. The van der Waals surface area contributed by atoms with E-state index < -0.39 is 0 Å². The Morgan fingerprint density at radius 3 is 2.63 bits per heavy atom. The van der Waals surface area contributed by atoms with Crippen LogP contribution in [-0.4, -0.2) is 15.2 Å². The van der Waals surface area contributed by atoms with Crippen LogP contribution in [0.1, 0.15) is 89.7 Å². The molecule has 0 saturated carbocycles. The van der Waals surface area contributed by atoms with Gasteiger partial charge in [-0.2, -0.15) is 0 Å². The number of allylic oxidation sites excluding steroid dienone is 3. The Labute approximate surface area is 193 Å². The molecule has 1 N–H and O–H groups in total. The van der Waals surface area contributed by atoms with Crippen LogP contribution in [0.2, 0.25) is 0 Å². The SMILES string of the molecule is C=C(C)[C@@H]1CCC(C)=C[C@H]1c1c(O)cc(CCCCC)cc1OC(=S)SCCCC. The first-order valence-electron chi connectivity index (χ1n) is 11.4. The van der Waals surface area contributed by atoms with E-state index in [-0.39, 0.29) is 5.92 Å². The molecule has 1 aliphatic rings. The van der Waals surface area contributed by atoms with Gasteiger partial charge in [-0.15, -0.1) is 0 Å². The van der Waals surface area contributed by atoms with E-state index in [9.17, 15) is 5.11 Å². The predicted octanol–water partition coefficient (Wildman–Crippen LogP) is 8.34. The average molecular weight is 447 g/mol. The molecule has 0 fully saturated rings. The van der Waals surface area contributed by atoms with E-state index in [0.29, 0.717) is 16.1 Å². The van der Waals surface area contributed by atoms with Crippen LogP contribution in [0.4, 0.5) is 0 Å². The van der Waals surface area contributed by atoms with Crippen molar-refractivity contribution in [1.29, 1.82) is 0 Å². The van der Waals surface area contributed by atoms with E-state index >= 15 is 0 Å². The van der Waals surface area contributed by atoms with Crippen LogP contribution in [0.3, 0.4) is 0 Å². The number of unbranched alkanes of at least 4 members (excludes halogenated alkanes) is 3. The van der Waals surface area contributed by atoms with Gasteiger partial charge in [0.15, 0.2) is 0 Å². The summed E-state index contributed by atoms with van der Waals surface area (Å²) in [6.07, 6.45) is 11.1. The van der Waals surface area contributed by atoms with Crippen molar-refractivity contribution in [3.05, 3.63) is 47.1 Å². The van der Waals surface area contributed by atoms with Crippen molar-refractivity contribution in [3.8, 4) is 11.5 Å². The molecule has 1 aromatic rings. The van der Waals surface area contributed by atoms with E-state index in [1.54, 1.807) is 11.8 Å². The van der Waals surface area contributed by atoms with Crippen molar-refractivity contribution in [2.24, 2.45) is 5.92 Å². The van der Waals surface area contributed by atoms with Gasteiger partial charge in [-0.05, 0) is 81.8 Å². The molecule has 0 bridgehead atoms. The highest BCUT2D eigenvalue weighted by Crippen LogP contribution is 2.47. The number of rotatable bonds is 10. The fourth-order valence-corrected chi connectivity index (χ4v) is 5.22. The minimum Gasteiger partial charge on any atom is -0.507 e. The summed E-state index contributed by atoms with van der Waals surface area (Å²) in [4.78, 5) is 0. The summed E-state index contributed by atoms with van der Waals surface area (Å²) in [5.41, 5.74) is 4.49. The maximum Gasteiger partial charge on any atom is 0.225 e. The fourth-order valence-electron chi connectivity index (χ4n) is 4.14. The van der Waals surface area contributed by atoms with Crippen LogP contribution in [0.25, 0.3) is 0 Å². The Bertz CT molecular complexity index is 767. The van der Waals surface area contributed by atoms with Gasteiger partial charge >= 0.3 is 0 Å². The molecule has 0 spiro atoms. The molecule has 0 heterocycles. The molecule has 0 aromatic heterocycles. The third kappa shape index (κ3) is 7.16. The molecular weight excluding hydrogens is 408 g/mol. The van der Waals surface area contributed by atoms with E-state index in [1.807, 2.05) is 6.07 Å². The van der Waals surface area contributed by atoms with Crippen molar-refractivity contribution < 1.29 is 9.84 Å². The lowest BCUT2D eigenvalue weighted by Crippen LogP contribution is -2.18. The standard InChI is InChI=1S/C26H38O2S2/c1-6-8-10-11-20-16-23(27)25(22-15-19(5)12-13-21(22)18(3)4)24(17-20)28-26(29)30-14-9-7-2/h15-17,21-22,27H,3,6-14H2,1-2,4-5H3/t21-,22+/m0/s1. The number of phenols is 1. The van der Waals surface area contributed by atoms with E-state index in [1.165, 1.54) is 18.4 Å². The molecule has 0 saturated heterocycles. The first-order chi connectivity index (χ1) is 14.4. The van der Waals surface area contributed by atoms with Crippen LogP contribution in [0, 0.1) is 5.92 Å². The predicted molar refractivity (Wildman–Crippen MR) is 136 cm³/mol. The molecule has 4 heteroatoms. The molecule has 166 valence electrons. The summed E-state index contributed by atoms with van der Waals surface area (Å²) in [6, 6.07) is 4.03. The minimum atomic E-state index is 0.0689. The zero-order valence-electron chi connectivity index (χ0n) is 19.1. The number of thiocarbonyl (C=S) groups is 1. The maximum atomic E-state index is 11.1. The Kier molecular flexibility index (Phi) is 10.5. The molecule has 2 rings (SSSR count). The molecule has 2 atom stereocenters. The Morgan fingerprint density at radius 2 is 1.97 bits per heavy atom. The lowest BCUT2D eigenvalue weighted by molar-refractivity contribution is 0.424. The van der Waals surface area contributed by atoms with E-state index in [0.717, 1.165) is 66.7 Å². The molecule has 0 amide bonds. The zero-order valence-corrected chi connectivity index (χ0v) is 20.8. The number of ether oxygens (including phenoxy) is 1. The first kappa shape index (κ1) is 25.0. The fraction of sp³-hybridized carbons (Fsp3) is 0.577. The molecular formula is C26H38O2S2. The number of thioether (sulfide) groups is 1. The zero-order chi connectivity index (χ0) is 22.1. The van der Waals surface area contributed by atoms with E-state index in [4.69, 9.17) is 17.0 Å². The van der Waals surface area contributed by atoms with Gasteiger partial charge in [0.05, 0.1) is 0 Å². The van der Waals surface area contributed by atoms with Gasteiger partial charge < -0.3 is 9.84 Å². The van der Waals surface area contributed by atoms with Gasteiger partial charge in [0.2, 0.25) is 4.38 Å². The van der Waals surface area contributed by atoms with Gasteiger partial charge in [0, 0.05) is 17.2 Å². The van der Waals surface area contributed by atoms with E-state index in [2.05, 4.69) is 46.4 Å². The Morgan fingerprint density at radius 1 is 1.23 bits per heavy atom. The largest absolute Gasteiger partial charge is 0.507 e. The summed E-state index contributed by atoms with van der Waals surface area (Å²) in [5, 5.41) is 11.1. The molecule has 0 unspecified atom stereocenters. The highest BCUT2D eigenvalue weighted by atomic mass is 32.2. The lowest BCUT2D eigenvalue weighted by atomic mass is 9.73. The monoisotopic (exact) mass is 446 g/mol. The highest BCUT2D eigenvalue weighted by molar-refractivity contribution is 8.22. The average Bonchev–Trinajstić information content (AvgIpc) is 2.68. The normalized spacial score (nSPS) is 18.7. The van der Waals surface area contributed by atoms with Gasteiger partial charge in [-0.3, -0.25) is 0 Å². The van der Waals surface area contributed by atoms with Crippen molar-refractivity contribution in [2.75, 3.05) is 5.75 Å².